The van der Waals surface area contributed by atoms with E-state index in [-0.39, 0.29) is 0 Å². The highest BCUT2D eigenvalue weighted by Gasteiger charge is 2.41. The fraction of sp³-hybridized carbons (Fsp3) is 0.500. The molecule has 0 radical (unpaired) electrons. The topological polar surface area (TPSA) is 96.8 Å². The van der Waals surface area contributed by atoms with Crippen molar-refractivity contribution in [2.45, 2.75) is 32.4 Å². The first-order valence-corrected chi connectivity index (χ1v) is 6.94. The molecule has 0 spiro atoms. The normalized spacial score (nSPS) is 23.0. The smallest absolute Gasteiger partial charge is 0.325 e. The summed E-state index contributed by atoms with van der Waals surface area (Å²) in [5.74, 6) is -0.935. The van der Waals surface area contributed by atoms with Crippen LogP contribution in [0.5, 0.6) is 0 Å². The average molecular weight is 289 g/mol. The summed E-state index contributed by atoms with van der Waals surface area (Å²) in [7, 11) is 0. The zero-order valence-electron chi connectivity index (χ0n) is 12.2. The van der Waals surface area contributed by atoms with Gasteiger partial charge in [0.1, 0.15) is 5.54 Å². The van der Waals surface area contributed by atoms with Gasteiger partial charge in [-0.05, 0) is 26.3 Å². The quantitative estimate of drug-likeness (QED) is 0.845. The van der Waals surface area contributed by atoms with Crippen LogP contribution in [0.15, 0.2) is 12.3 Å². The third kappa shape index (κ3) is 2.38. The summed E-state index contributed by atoms with van der Waals surface area (Å²) in [4.78, 5) is 17.8. The number of carboxylic acids is 1. The number of likely N-dealkylation sites (tertiary alicyclic amines) is 1. The molecule has 0 unspecified atom stereocenters. The molecule has 0 aromatic carbocycles. The van der Waals surface area contributed by atoms with Gasteiger partial charge in [0.05, 0.1) is 6.20 Å². The number of carboxylic acid groups (broad SMARTS) is 1. The minimum Gasteiger partial charge on any atom is -0.480 e. The molecule has 2 aromatic rings. The van der Waals surface area contributed by atoms with E-state index >= 15 is 0 Å². The van der Waals surface area contributed by atoms with E-state index in [1.165, 1.54) is 0 Å². The molecule has 7 heteroatoms. The second-order valence-corrected chi connectivity index (χ2v) is 5.87. The molecule has 1 atom stereocenters. The average Bonchev–Trinajstić information content (AvgIpc) is 2.96. The number of aliphatic carboxylic acids is 1. The van der Waals surface area contributed by atoms with Gasteiger partial charge in [-0.2, -0.15) is 5.10 Å². The third-order valence-electron chi connectivity index (χ3n) is 4.05. The zero-order chi connectivity index (χ0) is 15.2. The second kappa shape index (κ2) is 4.78. The highest BCUT2D eigenvalue weighted by atomic mass is 16.4. The van der Waals surface area contributed by atoms with Crippen molar-refractivity contribution in [1.29, 1.82) is 0 Å². The van der Waals surface area contributed by atoms with E-state index in [1.807, 2.05) is 29.3 Å². The molecule has 1 saturated heterocycles. The summed E-state index contributed by atoms with van der Waals surface area (Å²) >= 11 is 0. The van der Waals surface area contributed by atoms with Crippen LogP contribution in [0, 0.1) is 13.8 Å². The summed E-state index contributed by atoms with van der Waals surface area (Å²) in [6.07, 6.45) is 2.26. The number of nitrogens with zero attached hydrogens (tertiary/aromatic N) is 4. The van der Waals surface area contributed by atoms with Crippen molar-refractivity contribution in [3.8, 4) is 0 Å². The molecule has 2 aromatic heterocycles. The fourth-order valence-corrected chi connectivity index (χ4v) is 2.89. The maximum absolute atomic E-state index is 11.2. The number of hydrogen-bond donors (Lipinski definition) is 2. The van der Waals surface area contributed by atoms with Crippen LogP contribution in [0.1, 0.15) is 23.4 Å². The Kier molecular flexibility index (Phi) is 3.18. The van der Waals surface area contributed by atoms with E-state index in [0.717, 1.165) is 22.6 Å². The van der Waals surface area contributed by atoms with Gasteiger partial charge in [0.25, 0.3) is 0 Å². The highest BCUT2D eigenvalue weighted by molar-refractivity contribution is 5.79. The minimum atomic E-state index is -1.14. The van der Waals surface area contributed by atoms with E-state index in [9.17, 15) is 9.90 Å². The van der Waals surface area contributed by atoms with E-state index < -0.39 is 11.5 Å². The first-order chi connectivity index (χ1) is 9.89. The van der Waals surface area contributed by atoms with Crippen molar-refractivity contribution in [2.75, 3.05) is 13.1 Å². The fourth-order valence-electron chi connectivity index (χ4n) is 2.89. The lowest BCUT2D eigenvalue weighted by atomic mass is 10.0. The molecule has 7 nitrogen and oxygen atoms in total. The summed E-state index contributed by atoms with van der Waals surface area (Å²) in [5, 5.41) is 13.5. The third-order valence-corrected chi connectivity index (χ3v) is 4.05. The predicted molar refractivity (Wildman–Crippen MR) is 76.9 cm³/mol. The van der Waals surface area contributed by atoms with Crippen LogP contribution >= 0.6 is 0 Å². The molecule has 3 heterocycles. The standard InChI is InChI=1S/C14H19N5O2/c1-9-5-10(2)19-12(17-9)11(6-16-19)7-18-4-3-14(15,8-18)13(20)21/h5-6H,3-4,7-8,15H2,1-2H3,(H,20,21)/t14-/m1/s1. The highest BCUT2D eigenvalue weighted by Crippen LogP contribution is 2.22. The van der Waals surface area contributed by atoms with Gasteiger partial charge in [-0.15, -0.1) is 0 Å². The van der Waals surface area contributed by atoms with Gasteiger partial charge < -0.3 is 10.8 Å². The molecule has 0 saturated carbocycles. The molecule has 112 valence electrons. The van der Waals surface area contributed by atoms with Crippen molar-refractivity contribution in [2.24, 2.45) is 5.73 Å². The lowest BCUT2D eigenvalue weighted by Gasteiger charge is -2.19. The van der Waals surface area contributed by atoms with Crippen LogP contribution in [0.4, 0.5) is 0 Å². The second-order valence-electron chi connectivity index (χ2n) is 5.87. The maximum Gasteiger partial charge on any atom is 0.325 e. The molecular weight excluding hydrogens is 270 g/mol. The molecule has 1 aliphatic heterocycles. The first kappa shape index (κ1) is 14.0. The number of aryl methyl sites for hydroxylation is 2. The van der Waals surface area contributed by atoms with Crippen LogP contribution in [0.25, 0.3) is 5.65 Å². The summed E-state index contributed by atoms with van der Waals surface area (Å²) in [5.41, 5.74) is 8.57. The Morgan fingerprint density at radius 3 is 2.95 bits per heavy atom. The van der Waals surface area contributed by atoms with Crippen LogP contribution in [0.2, 0.25) is 0 Å². The number of carbonyl (C=O) groups is 1. The zero-order valence-corrected chi connectivity index (χ0v) is 12.2. The van der Waals surface area contributed by atoms with E-state index in [1.54, 1.807) is 6.20 Å². The van der Waals surface area contributed by atoms with Crippen LogP contribution in [0.3, 0.4) is 0 Å². The lowest BCUT2D eigenvalue weighted by molar-refractivity contribution is -0.142. The SMILES string of the molecule is Cc1cc(C)n2ncc(CN3CC[C@](N)(C(=O)O)C3)c2n1. The van der Waals surface area contributed by atoms with Crippen LogP contribution in [-0.2, 0) is 11.3 Å². The number of aromatic nitrogens is 3. The van der Waals surface area contributed by atoms with Gasteiger partial charge in [-0.1, -0.05) is 0 Å². The Morgan fingerprint density at radius 1 is 1.52 bits per heavy atom. The summed E-state index contributed by atoms with van der Waals surface area (Å²) in [6, 6.07) is 1.98. The van der Waals surface area contributed by atoms with Crippen molar-refractivity contribution in [3.63, 3.8) is 0 Å². The molecule has 0 bridgehead atoms. The number of nitrogens with two attached hydrogens (primary N) is 1. The summed E-state index contributed by atoms with van der Waals surface area (Å²) in [6.45, 7) is 5.58. The van der Waals surface area contributed by atoms with Crippen LogP contribution in [-0.4, -0.2) is 49.2 Å². The van der Waals surface area contributed by atoms with Crippen molar-refractivity contribution in [1.82, 2.24) is 19.5 Å². The molecular formula is C14H19N5O2. The predicted octanol–water partition coefficient (Wildman–Crippen LogP) is 0.334. The van der Waals surface area contributed by atoms with Gasteiger partial charge >= 0.3 is 5.97 Å². The van der Waals surface area contributed by atoms with E-state index in [2.05, 4.69) is 10.1 Å². The monoisotopic (exact) mass is 289 g/mol. The number of rotatable bonds is 3. The number of fused-ring (bicyclic) bond motifs is 1. The minimum absolute atomic E-state index is 0.352. The molecule has 1 aliphatic rings. The Morgan fingerprint density at radius 2 is 2.29 bits per heavy atom. The molecule has 1 fully saturated rings. The van der Waals surface area contributed by atoms with Crippen molar-refractivity contribution in [3.05, 3.63) is 29.2 Å². The molecule has 3 rings (SSSR count). The van der Waals surface area contributed by atoms with Gasteiger partial charge in [0.2, 0.25) is 0 Å². The van der Waals surface area contributed by atoms with Gasteiger partial charge in [0.15, 0.2) is 5.65 Å². The number of hydrogen-bond acceptors (Lipinski definition) is 5. The molecule has 21 heavy (non-hydrogen) atoms. The van der Waals surface area contributed by atoms with Crippen molar-refractivity contribution >= 4 is 11.6 Å². The van der Waals surface area contributed by atoms with Gasteiger partial charge in [-0.3, -0.25) is 9.69 Å². The van der Waals surface area contributed by atoms with Gasteiger partial charge in [-0.25, -0.2) is 9.50 Å². The molecule has 0 amide bonds. The van der Waals surface area contributed by atoms with Crippen molar-refractivity contribution < 1.29 is 9.90 Å². The molecule has 3 N–H and O–H groups in total. The Hall–Kier alpha value is -1.99. The Bertz CT molecular complexity index is 711. The van der Waals surface area contributed by atoms with E-state index in [4.69, 9.17) is 5.73 Å². The summed E-state index contributed by atoms with van der Waals surface area (Å²) < 4.78 is 1.81. The largest absolute Gasteiger partial charge is 0.480 e. The Balaban J connectivity index is 1.85. The van der Waals surface area contributed by atoms with E-state index in [0.29, 0.717) is 26.1 Å². The first-order valence-electron chi connectivity index (χ1n) is 6.94. The molecule has 0 aliphatic carbocycles. The van der Waals surface area contributed by atoms with Crippen LogP contribution < -0.4 is 5.73 Å². The Labute approximate surface area is 122 Å². The maximum atomic E-state index is 11.2. The van der Waals surface area contributed by atoms with Gasteiger partial charge in [0, 0.05) is 36.6 Å². The lowest BCUT2D eigenvalue weighted by Crippen LogP contribution is -2.50.